The van der Waals surface area contributed by atoms with Gasteiger partial charge in [-0.1, -0.05) is 28.1 Å². The van der Waals surface area contributed by atoms with Crippen molar-refractivity contribution in [2.45, 2.75) is 19.1 Å². The highest BCUT2D eigenvalue weighted by molar-refractivity contribution is 9.10. The molecule has 66 valence electrons. The van der Waals surface area contributed by atoms with E-state index in [0.717, 1.165) is 10.0 Å². The maximum absolute atomic E-state index is 9.55. The van der Waals surface area contributed by atoms with Crippen LogP contribution < -0.4 is 5.73 Å². The molecule has 0 bridgehead atoms. The lowest BCUT2D eigenvalue weighted by atomic mass is 10.0. The van der Waals surface area contributed by atoms with E-state index >= 15 is 0 Å². The maximum Gasteiger partial charge on any atom is 0.0938 e. The summed E-state index contributed by atoms with van der Waals surface area (Å²) in [5.74, 6) is 0. The topological polar surface area (TPSA) is 46.2 Å². The van der Waals surface area contributed by atoms with Crippen LogP contribution in [0.2, 0.25) is 0 Å². The van der Waals surface area contributed by atoms with Gasteiger partial charge in [-0.2, -0.15) is 0 Å². The van der Waals surface area contributed by atoms with Gasteiger partial charge in [-0.3, -0.25) is 0 Å². The average Bonchev–Trinajstić information content (AvgIpc) is 2.04. The summed E-state index contributed by atoms with van der Waals surface area (Å²) >= 11 is 3.32. The molecule has 3 heteroatoms. The molecule has 0 unspecified atom stereocenters. The predicted octanol–water partition coefficient (Wildman–Crippen LogP) is 1.83. The van der Waals surface area contributed by atoms with Crippen LogP contribution in [0.15, 0.2) is 28.7 Å². The lowest BCUT2D eigenvalue weighted by molar-refractivity contribution is 0.153. The fraction of sp³-hybridized carbons (Fsp3) is 0.333. The van der Waals surface area contributed by atoms with Crippen molar-refractivity contribution in [1.29, 1.82) is 0 Å². The zero-order valence-corrected chi connectivity index (χ0v) is 8.45. The summed E-state index contributed by atoms with van der Waals surface area (Å²) in [4.78, 5) is 0. The Hall–Kier alpha value is -0.380. The number of aliphatic hydroxyl groups excluding tert-OH is 1. The standard InChI is InChI=1S/C9H12BrNO/c1-6(11)9(12)7-2-4-8(10)5-3-7/h2-6,9,12H,11H2,1H3/t6-,9+/m1/s1. The van der Waals surface area contributed by atoms with Gasteiger partial charge in [0.1, 0.15) is 0 Å². The molecule has 1 aromatic carbocycles. The Morgan fingerprint density at radius 1 is 1.33 bits per heavy atom. The first-order chi connectivity index (χ1) is 5.61. The van der Waals surface area contributed by atoms with Crippen LogP contribution in [-0.4, -0.2) is 11.1 Å². The van der Waals surface area contributed by atoms with Crippen LogP contribution in [0.5, 0.6) is 0 Å². The highest BCUT2D eigenvalue weighted by Crippen LogP contribution is 2.18. The second kappa shape index (κ2) is 4.03. The largest absolute Gasteiger partial charge is 0.387 e. The Morgan fingerprint density at radius 2 is 1.83 bits per heavy atom. The molecule has 0 fully saturated rings. The van der Waals surface area contributed by atoms with Crippen molar-refractivity contribution >= 4 is 15.9 Å². The summed E-state index contributed by atoms with van der Waals surface area (Å²) in [6.45, 7) is 1.78. The zero-order chi connectivity index (χ0) is 9.14. The van der Waals surface area contributed by atoms with E-state index in [2.05, 4.69) is 15.9 Å². The van der Waals surface area contributed by atoms with Gasteiger partial charge >= 0.3 is 0 Å². The van der Waals surface area contributed by atoms with E-state index in [1.807, 2.05) is 24.3 Å². The predicted molar refractivity (Wildman–Crippen MR) is 52.8 cm³/mol. The molecule has 0 heterocycles. The van der Waals surface area contributed by atoms with Gasteiger partial charge in [0, 0.05) is 10.5 Å². The number of nitrogens with two attached hydrogens (primary N) is 1. The number of aliphatic hydroxyl groups is 1. The summed E-state index contributed by atoms with van der Waals surface area (Å²) in [5, 5.41) is 9.55. The summed E-state index contributed by atoms with van der Waals surface area (Å²) in [7, 11) is 0. The van der Waals surface area contributed by atoms with Crippen molar-refractivity contribution in [3.8, 4) is 0 Å². The normalized spacial score (nSPS) is 15.7. The van der Waals surface area contributed by atoms with E-state index in [1.54, 1.807) is 6.92 Å². The van der Waals surface area contributed by atoms with Crippen molar-refractivity contribution in [3.05, 3.63) is 34.3 Å². The fourth-order valence-corrected chi connectivity index (χ4v) is 1.23. The van der Waals surface area contributed by atoms with Gasteiger partial charge in [-0.15, -0.1) is 0 Å². The lowest BCUT2D eigenvalue weighted by Gasteiger charge is -2.14. The molecule has 0 radical (unpaired) electrons. The molecule has 0 amide bonds. The molecule has 1 aromatic rings. The number of hydrogen-bond acceptors (Lipinski definition) is 2. The summed E-state index contributed by atoms with van der Waals surface area (Å²) in [6, 6.07) is 7.27. The third kappa shape index (κ3) is 2.30. The molecule has 3 N–H and O–H groups in total. The highest BCUT2D eigenvalue weighted by atomic mass is 79.9. The second-order valence-electron chi connectivity index (χ2n) is 2.86. The van der Waals surface area contributed by atoms with Crippen LogP contribution in [0.25, 0.3) is 0 Å². The first kappa shape index (κ1) is 9.71. The van der Waals surface area contributed by atoms with E-state index in [-0.39, 0.29) is 6.04 Å². The van der Waals surface area contributed by atoms with Gasteiger partial charge in [0.05, 0.1) is 6.10 Å². The molecule has 0 aromatic heterocycles. The maximum atomic E-state index is 9.55. The van der Waals surface area contributed by atoms with Gasteiger partial charge in [-0.25, -0.2) is 0 Å². The van der Waals surface area contributed by atoms with E-state index in [4.69, 9.17) is 5.73 Å². The number of halogens is 1. The van der Waals surface area contributed by atoms with Gasteiger partial charge in [-0.05, 0) is 24.6 Å². The van der Waals surface area contributed by atoms with Gasteiger partial charge in [0.15, 0.2) is 0 Å². The van der Waals surface area contributed by atoms with Crippen molar-refractivity contribution < 1.29 is 5.11 Å². The van der Waals surface area contributed by atoms with Gasteiger partial charge < -0.3 is 10.8 Å². The smallest absolute Gasteiger partial charge is 0.0938 e. The summed E-state index contributed by atoms with van der Waals surface area (Å²) in [5.41, 5.74) is 6.40. The summed E-state index contributed by atoms with van der Waals surface area (Å²) < 4.78 is 1.00. The third-order valence-electron chi connectivity index (χ3n) is 1.71. The molecule has 12 heavy (non-hydrogen) atoms. The molecule has 2 atom stereocenters. The minimum Gasteiger partial charge on any atom is -0.387 e. The fourth-order valence-electron chi connectivity index (χ4n) is 0.964. The van der Waals surface area contributed by atoms with Gasteiger partial charge in [0.25, 0.3) is 0 Å². The average molecular weight is 230 g/mol. The molecular formula is C9H12BrNO. The van der Waals surface area contributed by atoms with Crippen LogP contribution in [-0.2, 0) is 0 Å². The van der Waals surface area contributed by atoms with Crippen LogP contribution in [0, 0.1) is 0 Å². The van der Waals surface area contributed by atoms with Crippen LogP contribution in [0.3, 0.4) is 0 Å². The second-order valence-corrected chi connectivity index (χ2v) is 3.77. The Balaban J connectivity index is 2.82. The SMILES string of the molecule is C[C@@H](N)[C@H](O)c1ccc(Br)cc1. The number of rotatable bonds is 2. The molecule has 0 spiro atoms. The van der Waals surface area contributed by atoms with Crippen molar-refractivity contribution in [1.82, 2.24) is 0 Å². The van der Waals surface area contributed by atoms with Crippen molar-refractivity contribution in [2.24, 2.45) is 5.73 Å². The Morgan fingerprint density at radius 3 is 2.25 bits per heavy atom. The number of benzene rings is 1. The van der Waals surface area contributed by atoms with Crippen LogP contribution >= 0.6 is 15.9 Å². The third-order valence-corrected chi connectivity index (χ3v) is 2.24. The minimum atomic E-state index is -0.571. The zero-order valence-electron chi connectivity index (χ0n) is 6.87. The first-order valence-electron chi connectivity index (χ1n) is 3.80. The van der Waals surface area contributed by atoms with Crippen molar-refractivity contribution in [3.63, 3.8) is 0 Å². The van der Waals surface area contributed by atoms with Gasteiger partial charge in [0.2, 0.25) is 0 Å². The molecule has 0 aliphatic carbocycles. The first-order valence-corrected chi connectivity index (χ1v) is 4.59. The summed E-state index contributed by atoms with van der Waals surface area (Å²) in [6.07, 6.45) is -0.571. The number of hydrogen-bond donors (Lipinski definition) is 2. The Labute approximate surface area is 80.5 Å². The van der Waals surface area contributed by atoms with Crippen LogP contribution in [0.1, 0.15) is 18.6 Å². The lowest BCUT2D eigenvalue weighted by Crippen LogP contribution is -2.24. The van der Waals surface area contributed by atoms with E-state index in [9.17, 15) is 5.11 Å². The van der Waals surface area contributed by atoms with E-state index in [1.165, 1.54) is 0 Å². The Bertz CT molecular complexity index is 245. The molecule has 0 saturated heterocycles. The minimum absolute atomic E-state index is 0.230. The highest BCUT2D eigenvalue weighted by Gasteiger charge is 2.11. The molecule has 0 saturated carbocycles. The Kier molecular flexibility index (Phi) is 3.26. The van der Waals surface area contributed by atoms with Crippen molar-refractivity contribution in [2.75, 3.05) is 0 Å². The van der Waals surface area contributed by atoms with E-state index < -0.39 is 6.10 Å². The molecule has 1 rings (SSSR count). The monoisotopic (exact) mass is 229 g/mol. The quantitative estimate of drug-likeness (QED) is 0.814. The van der Waals surface area contributed by atoms with E-state index in [0.29, 0.717) is 0 Å². The molecule has 0 aliphatic heterocycles. The molecule has 0 aliphatic rings. The molecular weight excluding hydrogens is 218 g/mol. The van der Waals surface area contributed by atoms with Crippen LogP contribution in [0.4, 0.5) is 0 Å². The molecule has 2 nitrogen and oxygen atoms in total.